The van der Waals surface area contributed by atoms with Crippen molar-refractivity contribution in [2.45, 2.75) is 53.5 Å². The fourth-order valence-electron chi connectivity index (χ4n) is 1.72. The number of rotatable bonds is 5. The monoisotopic (exact) mass is 223 g/mol. The molecule has 16 heavy (non-hydrogen) atoms. The largest absolute Gasteiger partial charge is 0.465 e. The molecule has 0 radical (unpaired) electrons. The molecule has 0 aromatic carbocycles. The van der Waals surface area contributed by atoms with E-state index in [0.29, 0.717) is 11.5 Å². The molecule has 1 heterocycles. The van der Waals surface area contributed by atoms with Crippen molar-refractivity contribution in [2.24, 2.45) is 5.41 Å². The summed E-state index contributed by atoms with van der Waals surface area (Å²) in [5.74, 6) is 2.02. The van der Waals surface area contributed by atoms with Crippen molar-refractivity contribution >= 4 is 0 Å². The molecule has 0 aliphatic rings. The highest BCUT2D eigenvalue weighted by Gasteiger charge is 2.11. The SMILES string of the molecule is Cc1ccc(C(C)NCCCC(C)(C)C)o1. The van der Waals surface area contributed by atoms with Crippen LogP contribution in [0.5, 0.6) is 0 Å². The van der Waals surface area contributed by atoms with Gasteiger partial charge in [0.05, 0.1) is 6.04 Å². The van der Waals surface area contributed by atoms with Crippen molar-refractivity contribution in [3.8, 4) is 0 Å². The van der Waals surface area contributed by atoms with Gasteiger partial charge in [0.25, 0.3) is 0 Å². The molecule has 0 fully saturated rings. The highest BCUT2D eigenvalue weighted by Crippen LogP contribution is 2.20. The van der Waals surface area contributed by atoms with Crippen molar-refractivity contribution in [1.82, 2.24) is 5.32 Å². The lowest BCUT2D eigenvalue weighted by atomic mass is 9.90. The summed E-state index contributed by atoms with van der Waals surface area (Å²) in [7, 11) is 0. The van der Waals surface area contributed by atoms with Crippen LogP contribution in [0.25, 0.3) is 0 Å². The van der Waals surface area contributed by atoms with Gasteiger partial charge in [0, 0.05) is 0 Å². The van der Waals surface area contributed by atoms with Crippen molar-refractivity contribution < 1.29 is 4.42 Å². The normalized spacial score (nSPS) is 14.1. The van der Waals surface area contributed by atoms with E-state index < -0.39 is 0 Å². The van der Waals surface area contributed by atoms with Crippen LogP contribution in [0.1, 0.15) is 58.1 Å². The zero-order chi connectivity index (χ0) is 12.2. The van der Waals surface area contributed by atoms with E-state index in [1.54, 1.807) is 0 Å². The smallest absolute Gasteiger partial charge is 0.120 e. The average Bonchev–Trinajstić information content (AvgIpc) is 2.57. The number of hydrogen-bond donors (Lipinski definition) is 1. The van der Waals surface area contributed by atoms with E-state index in [1.807, 2.05) is 13.0 Å². The Morgan fingerprint density at radius 1 is 1.31 bits per heavy atom. The number of nitrogens with one attached hydrogen (secondary N) is 1. The lowest BCUT2D eigenvalue weighted by Gasteiger charge is -2.18. The molecule has 2 heteroatoms. The summed E-state index contributed by atoms with van der Waals surface area (Å²) in [5.41, 5.74) is 0.437. The van der Waals surface area contributed by atoms with Crippen LogP contribution in [-0.2, 0) is 0 Å². The van der Waals surface area contributed by atoms with E-state index in [-0.39, 0.29) is 0 Å². The molecule has 92 valence electrons. The topological polar surface area (TPSA) is 25.2 Å². The first-order valence-corrected chi connectivity index (χ1v) is 6.18. The lowest BCUT2D eigenvalue weighted by molar-refractivity contribution is 0.349. The Morgan fingerprint density at radius 2 is 2.00 bits per heavy atom. The van der Waals surface area contributed by atoms with E-state index in [9.17, 15) is 0 Å². The summed E-state index contributed by atoms with van der Waals surface area (Å²) >= 11 is 0. The van der Waals surface area contributed by atoms with Crippen molar-refractivity contribution in [3.63, 3.8) is 0 Å². The Morgan fingerprint density at radius 3 is 2.50 bits per heavy atom. The molecule has 0 spiro atoms. The maximum atomic E-state index is 5.58. The van der Waals surface area contributed by atoms with Crippen LogP contribution in [0.3, 0.4) is 0 Å². The molecule has 0 aliphatic heterocycles. The van der Waals surface area contributed by atoms with Gasteiger partial charge in [-0.1, -0.05) is 20.8 Å². The first kappa shape index (κ1) is 13.3. The predicted octanol–water partition coefficient (Wildman–Crippen LogP) is 4.06. The molecular formula is C14H25NO. The first-order chi connectivity index (χ1) is 7.38. The minimum absolute atomic E-state index is 0.314. The minimum Gasteiger partial charge on any atom is -0.465 e. The molecule has 1 N–H and O–H groups in total. The molecule has 1 rings (SSSR count). The Kier molecular flexibility index (Phi) is 4.60. The van der Waals surface area contributed by atoms with Gasteiger partial charge in [-0.25, -0.2) is 0 Å². The third kappa shape index (κ3) is 4.84. The number of aryl methyl sites for hydroxylation is 1. The lowest BCUT2D eigenvalue weighted by Crippen LogP contribution is -2.20. The molecule has 2 nitrogen and oxygen atoms in total. The zero-order valence-corrected chi connectivity index (χ0v) is 11.3. The molecule has 1 unspecified atom stereocenters. The van der Waals surface area contributed by atoms with E-state index in [2.05, 4.69) is 39.1 Å². The Balaban J connectivity index is 2.23. The van der Waals surface area contributed by atoms with Crippen molar-refractivity contribution in [2.75, 3.05) is 6.54 Å². The molecular weight excluding hydrogens is 198 g/mol. The molecule has 0 bridgehead atoms. The van der Waals surface area contributed by atoms with Crippen LogP contribution in [0.15, 0.2) is 16.5 Å². The first-order valence-electron chi connectivity index (χ1n) is 6.18. The van der Waals surface area contributed by atoms with Crippen LogP contribution >= 0.6 is 0 Å². The van der Waals surface area contributed by atoms with Crippen molar-refractivity contribution in [1.29, 1.82) is 0 Å². The predicted molar refractivity (Wildman–Crippen MR) is 68.6 cm³/mol. The van der Waals surface area contributed by atoms with E-state index in [4.69, 9.17) is 4.42 Å². The minimum atomic E-state index is 0.314. The summed E-state index contributed by atoms with van der Waals surface area (Å²) in [6, 6.07) is 4.38. The van der Waals surface area contributed by atoms with Crippen molar-refractivity contribution in [3.05, 3.63) is 23.7 Å². The van der Waals surface area contributed by atoms with E-state index in [1.165, 1.54) is 12.8 Å². The molecule has 1 aromatic rings. The third-order valence-electron chi connectivity index (χ3n) is 2.74. The fourth-order valence-corrected chi connectivity index (χ4v) is 1.72. The molecule has 1 atom stereocenters. The fraction of sp³-hybridized carbons (Fsp3) is 0.714. The summed E-state index contributed by atoms with van der Waals surface area (Å²) in [5, 5.41) is 3.49. The standard InChI is InChI=1S/C14H25NO/c1-11-7-8-13(16-11)12(2)15-10-6-9-14(3,4)5/h7-8,12,15H,6,9-10H2,1-5H3. The summed E-state index contributed by atoms with van der Waals surface area (Å²) in [6.07, 6.45) is 2.47. The number of hydrogen-bond acceptors (Lipinski definition) is 2. The maximum absolute atomic E-state index is 5.58. The second-order valence-corrected chi connectivity index (χ2v) is 5.79. The summed E-state index contributed by atoms with van der Waals surface area (Å²) < 4.78 is 5.58. The Labute approximate surface area is 99.4 Å². The van der Waals surface area contributed by atoms with Gasteiger partial charge in [-0.15, -0.1) is 0 Å². The molecule has 0 aliphatic carbocycles. The molecule has 0 amide bonds. The summed E-state index contributed by atoms with van der Waals surface area (Å²) in [4.78, 5) is 0. The third-order valence-corrected chi connectivity index (χ3v) is 2.74. The van der Waals surface area contributed by atoms with Gasteiger partial charge in [-0.05, 0) is 50.8 Å². The second kappa shape index (κ2) is 5.53. The van der Waals surface area contributed by atoms with Gasteiger partial charge in [-0.2, -0.15) is 0 Å². The van der Waals surface area contributed by atoms with E-state index in [0.717, 1.165) is 18.1 Å². The van der Waals surface area contributed by atoms with Gasteiger partial charge < -0.3 is 9.73 Å². The Bertz CT molecular complexity index is 309. The van der Waals surface area contributed by atoms with Gasteiger partial charge >= 0.3 is 0 Å². The van der Waals surface area contributed by atoms with Gasteiger partial charge in [0.15, 0.2) is 0 Å². The molecule has 0 saturated heterocycles. The number of furan rings is 1. The zero-order valence-electron chi connectivity index (χ0n) is 11.3. The quantitative estimate of drug-likeness (QED) is 0.761. The van der Waals surface area contributed by atoms with Gasteiger partial charge in [0.1, 0.15) is 11.5 Å². The second-order valence-electron chi connectivity index (χ2n) is 5.79. The summed E-state index contributed by atoms with van der Waals surface area (Å²) in [6.45, 7) is 12.0. The van der Waals surface area contributed by atoms with Crippen LogP contribution in [0, 0.1) is 12.3 Å². The highest BCUT2D eigenvalue weighted by atomic mass is 16.3. The van der Waals surface area contributed by atoms with Gasteiger partial charge in [0.2, 0.25) is 0 Å². The Hall–Kier alpha value is -0.760. The van der Waals surface area contributed by atoms with Crippen LogP contribution in [-0.4, -0.2) is 6.54 Å². The van der Waals surface area contributed by atoms with Crippen LogP contribution < -0.4 is 5.32 Å². The van der Waals surface area contributed by atoms with Crippen LogP contribution in [0.2, 0.25) is 0 Å². The van der Waals surface area contributed by atoms with Crippen LogP contribution in [0.4, 0.5) is 0 Å². The van der Waals surface area contributed by atoms with Gasteiger partial charge in [-0.3, -0.25) is 0 Å². The molecule has 0 saturated carbocycles. The van der Waals surface area contributed by atoms with E-state index >= 15 is 0 Å². The molecule has 1 aromatic heterocycles. The average molecular weight is 223 g/mol. The maximum Gasteiger partial charge on any atom is 0.120 e. The highest BCUT2D eigenvalue weighted by molar-refractivity contribution is 5.08.